The summed E-state index contributed by atoms with van der Waals surface area (Å²) in [7, 11) is 4.31. The molecule has 0 unspecified atom stereocenters. The van der Waals surface area contributed by atoms with Crippen molar-refractivity contribution in [2.75, 3.05) is 26.0 Å². The summed E-state index contributed by atoms with van der Waals surface area (Å²) in [5, 5.41) is 17.5. The Morgan fingerprint density at radius 2 is 2.13 bits per heavy atom. The van der Waals surface area contributed by atoms with E-state index in [2.05, 4.69) is 45.4 Å². The molecule has 7 nitrogen and oxygen atoms in total. The van der Waals surface area contributed by atoms with E-state index in [1.54, 1.807) is 17.2 Å². The minimum Gasteiger partial charge on any atom is -0.367 e. The van der Waals surface area contributed by atoms with Crippen LogP contribution >= 0.6 is 0 Å². The summed E-state index contributed by atoms with van der Waals surface area (Å²) in [5.74, 6) is 0.825. The minimum absolute atomic E-state index is 0.202. The zero-order chi connectivity index (χ0) is 16.3. The van der Waals surface area contributed by atoms with E-state index in [0.29, 0.717) is 13.0 Å². The van der Waals surface area contributed by atoms with Crippen LogP contribution in [-0.4, -0.2) is 50.8 Å². The Bertz CT molecular complexity index is 707. The van der Waals surface area contributed by atoms with E-state index in [4.69, 9.17) is 5.26 Å². The Hall–Kier alpha value is -2.20. The van der Waals surface area contributed by atoms with Crippen LogP contribution in [0.4, 0.5) is 5.82 Å². The molecule has 1 N–H and O–H groups in total. The molecular formula is C16H23N7. The fourth-order valence-corrected chi connectivity index (χ4v) is 3.42. The van der Waals surface area contributed by atoms with Gasteiger partial charge in [-0.3, -0.25) is 0 Å². The van der Waals surface area contributed by atoms with E-state index in [1.807, 2.05) is 0 Å². The van der Waals surface area contributed by atoms with Crippen LogP contribution in [0.1, 0.15) is 32.1 Å². The Balaban J connectivity index is 1.81. The maximum absolute atomic E-state index is 8.74. The van der Waals surface area contributed by atoms with E-state index in [-0.39, 0.29) is 5.54 Å². The number of nitrogens with zero attached hydrogens (tertiary/aromatic N) is 6. The Morgan fingerprint density at radius 1 is 1.35 bits per heavy atom. The number of hydrogen-bond donors (Lipinski definition) is 1. The van der Waals surface area contributed by atoms with Crippen LogP contribution < -0.4 is 5.32 Å². The molecule has 0 amide bonds. The first-order valence-corrected chi connectivity index (χ1v) is 8.11. The monoisotopic (exact) mass is 313 g/mol. The van der Waals surface area contributed by atoms with Gasteiger partial charge in [-0.15, -0.1) is 0 Å². The lowest BCUT2D eigenvalue weighted by Gasteiger charge is -2.36. The molecule has 0 bridgehead atoms. The van der Waals surface area contributed by atoms with Crippen molar-refractivity contribution in [3.63, 3.8) is 0 Å². The summed E-state index contributed by atoms with van der Waals surface area (Å²) in [6.45, 7) is 1.42. The van der Waals surface area contributed by atoms with Crippen LogP contribution in [0.25, 0.3) is 11.0 Å². The normalized spacial score (nSPS) is 16.8. The summed E-state index contributed by atoms with van der Waals surface area (Å²) < 4.78 is 1.77. The molecule has 0 radical (unpaired) electrons. The third-order valence-corrected chi connectivity index (χ3v) is 4.94. The van der Waals surface area contributed by atoms with Gasteiger partial charge in [-0.1, -0.05) is 12.8 Å². The smallest absolute Gasteiger partial charge is 0.163 e. The molecule has 7 heteroatoms. The molecule has 0 aliphatic heterocycles. The average molecular weight is 313 g/mol. The van der Waals surface area contributed by atoms with Crippen molar-refractivity contribution in [3.05, 3.63) is 12.5 Å². The van der Waals surface area contributed by atoms with Crippen molar-refractivity contribution in [2.24, 2.45) is 0 Å². The first-order valence-electron chi connectivity index (χ1n) is 8.11. The summed E-state index contributed by atoms with van der Waals surface area (Å²) >= 11 is 0. The van der Waals surface area contributed by atoms with Crippen molar-refractivity contribution < 1.29 is 0 Å². The van der Waals surface area contributed by atoms with Crippen LogP contribution in [-0.2, 0) is 6.54 Å². The summed E-state index contributed by atoms with van der Waals surface area (Å²) in [6.07, 6.45) is 8.76. The predicted octanol–water partition coefficient (Wildman–Crippen LogP) is 2.03. The first-order chi connectivity index (χ1) is 11.2. The molecule has 3 rings (SSSR count). The quantitative estimate of drug-likeness (QED) is 0.878. The molecule has 2 aromatic rings. The number of fused-ring (bicyclic) bond motifs is 1. The number of aryl methyl sites for hydroxylation is 1. The molecule has 0 aromatic carbocycles. The third-order valence-electron chi connectivity index (χ3n) is 4.94. The Labute approximate surface area is 136 Å². The molecule has 0 spiro atoms. The van der Waals surface area contributed by atoms with Crippen LogP contribution in [0.3, 0.4) is 0 Å². The highest BCUT2D eigenvalue weighted by molar-refractivity contribution is 5.86. The largest absolute Gasteiger partial charge is 0.367 e. The topological polar surface area (TPSA) is 82.7 Å². The number of rotatable bonds is 6. The van der Waals surface area contributed by atoms with E-state index in [9.17, 15) is 0 Å². The van der Waals surface area contributed by atoms with Gasteiger partial charge >= 0.3 is 0 Å². The van der Waals surface area contributed by atoms with Crippen LogP contribution in [0, 0.1) is 11.3 Å². The third kappa shape index (κ3) is 2.99. The summed E-state index contributed by atoms with van der Waals surface area (Å²) in [5.41, 5.74) is 0.983. The number of hydrogen-bond acceptors (Lipinski definition) is 6. The lowest BCUT2D eigenvalue weighted by atomic mass is 9.96. The fourth-order valence-electron chi connectivity index (χ4n) is 3.42. The number of anilines is 1. The maximum Gasteiger partial charge on any atom is 0.163 e. The SMILES string of the molecule is CN(C)C1(CNc2ncnc3c2cnn3CCC#N)CCCC1. The van der Waals surface area contributed by atoms with Gasteiger partial charge in [0.25, 0.3) is 0 Å². The van der Waals surface area contributed by atoms with Gasteiger partial charge in [0.15, 0.2) is 5.65 Å². The van der Waals surface area contributed by atoms with E-state index in [1.165, 1.54) is 25.7 Å². The fraction of sp³-hybridized carbons (Fsp3) is 0.625. The van der Waals surface area contributed by atoms with Gasteiger partial charge in [0.2, 0.25) is 0 Å². The second-order valence-electron chi connectivity index (χ2n) is 6.41. The van der Waals surface area contributed by atoms with Gasteiger partial charge in [0.1, 0.15) is 12.1 Å². The number of nitriles is 1. The zero-order valence-corrected chi connectivity index (χ0v) is 13.8. The molecule has 1 saturated carbocycles. The van der Waals surface area contributed by atoms with Crippen molar-refractivity contribution in [2.45, 2.75) is 44.2 Å². The van der Waals surface area contributed by atoms with Crippen molar-refractivity contribution in [1.29, 1.82) is 5.26 Å². The standard InChI is InChI=1S/C16H23N7/c1-22(2)16(6-3-4-7-16)11-18-14-13-10-21-23(9-5-8-17)15(13)20-12-19-14/h10,12H,3-7,9,11H2,1-2H3,(H,18,19,20). The van der Waals surface area contributed by atoms with Crippen LogP contribution in [0.5, 0.6) is 0 Å². The van der Waals surface area contributed by atoms with Crippen molar-refractivity contribution in [3.8, 4) is 6.07 Å². The molecule has 2 aromatic heterocycles. The second kappa shape index (κ2) is 6.50. The molecule has 2 heterocycles. The zero-order valence-electron chi connectivity index (χ0n) is 13.8. The maximum atomic E-state index is 8.74. The molecular weight excluding hydrogens is 290 g/mol. The Kier molecular flexibility index (Phi) is 4.44. The summed E-state index contributed by atoms with van der Waals surface area (Å²) in [6, 6.07) is 2.14. The lowest BCUT2D eigenvalue weighted by molar-refractivity contribution is 0.172. The predicted molar refractivity (Wildman–Crippen MR) is 88.9 cm³/mol. The molecule has 1 fully saturated rings. The molecule has 122 valence electrons. The van der Waals surface area contributed by atoms with Crippen molar-refractivity contribution in [1.82, 2.24) is 24.6 Å². The van der Waals surface area contributed by atoms with E-state index in [0.717, 1.165) is 23.4 Å². The van der Waals surface area contributed by atoms with Crippen LogP contribution in [0.2, 0.25) is 0 Å². The molecule has 0 atom stereocenters. The molecule has 23 heavy (non-hydrogen) atoms. The summed E-state index contributed by atoms with van der Waals surface area (Å²) in [4.78, 5) is 11.0. The number of likely N-dealkylation sites (N-methyl/N-ethyl adjacent to an activating group) is 1. The van der Waals surface area contributed by atoms with Gasteiger partial charge < -0.3 is 10.2 Å². The highest BCUT2D eigenvalue weighted by atomic mass is 15.3. The minimum atomic E-state index is 0.202. The average Bonchev–Trinajstić information content (AvgIpc) is 3.19. The van der Waals surface area contributed by atoms with Gasteiger partial charge in [0, 0.05) is 12.1 Å². The van der Waals surface area contributed by atoms with E-state index < -0.39 is 0 Å². The highest BCUT2D eigenvalue weighted by Crippen LogP contribution is 2.34. The highest BCUT2D eigenvalue weighted by Gasteiger charge is 2.35. The van der Waals surface area contributed by atoms with Gasteiger partial charge in [0.05, 0.1) is 30.6 Å². The van der Waals surface area contributed by atoms with Gasteiger partial charge in [-0.25, -0.2) is 14.6 Å². The molecule has 1 aliphatic rings. The van der Waals surface area contributed by atoms with Gasteiger partial charge in [-0.2, -0.15) is 10.4 Å². The number of nitrogens with one attached hydrogen (secondary N) is 1. The van der Waals surface area contributed by atoms with E-state index >= 15 is 0 Å². The van der Waals surface area contributed by atoms with Crippen LogP contribution in [0.15, 0.2) is 12.5 Å². The lowest BCUT2D eigenvalue weighted by Crippen LogP contribution is -2.47. The number of aromatic nitrogens is 4. The van der Waals surface area contributed by atoms with Gasteiger partial charge in [-0.05, 0) is 26.9 Å². The molecule has 0 saturated heterocycles. The Morgan fingerprint density at radius 3 is 2.83 bits per heavy atom. The molecule has 1 aliphatic carbocycles. The first kappa shape index (κ1) is 15.7. The second-order valence-corrected chi connectivity index (χ2v) is 6.41. The van der Waals surface area contributed by atoms with Crippen molar-refractivity contribution >= 4 is 16.9 Å².